The van der Waals surface area contributed by atoms with E-state index in [1.165, 1.54) is 12.8 Å². The van der Waals surface area contributed by atoms with Crippen molar-refractivity contribution in [1.29, 1.82) is 5.41 Å². The lowest BCUT2D eigenvalue weighted by Gasteiger charge is -2.23. The molecule has 0 bridgehead atoms. The summed E-state index contributed by atoms with van der Waals surface area (Å²) in [4.78, 5) is 19.9. The number of hydrogen-bond acceptors (Lipinski definition) is 5. The number of nitrogens with one attached hydrogen (secondary N) is 1. The van der Waals surface area contributed by atoms with Crippen molar-refractivity contribution in [3.63, 3.8) is 0 Å². The fourth-order valence-electron chi connectivity index (χ4n) is 6.07. The van der Waals surface area contributed by atoms with Crippen molar-refractivity contribution in [2.45, 2.75) is 65.2 Å². The van der Waals surface area contributed by atoms with Crippen LogP contribution in [0.3, 0.4) is 0 Å². The summed E-state index contributed by atoms with van der Waals surface area (Å²) in [5.41, 5.74) is 9.74. The fourth-order valence-corrected chi connectivity index (χ4v) is 6.46. The number of methoxy groups -OCH3 is 1. The molecule has 0 fully saturated rings. The highest BCUT2D eigenvalue weighted by atomic mass is 35.5. The third-order valence-corrected chi connectivity index (χ3v) is 9.32. The number of hydrogen-bond donors (Lipinski definition) is 2. The molecule has 1 aliphatic rings. The molecule has 4 aromatic rings. The molecule has 0 unspecified atom stereocenters. The van der Waals surface area contributed by atoms with E-state index in [0.29, 0.717) is 55.3 Å². The number of carbonyl (C=O) groups excluding carboxylic acids is 1. The van der Waals surface area contributed by atoms with Gasteiger partial charge in [-0.1, -0.05) is 87.7 Å². The molecular formula is C38H42Cl2N4O3. The molecule has 3 N–H and O–H groups in total. The Hall–Kier alpha value is -4.07. The Morgan fingerprint density at radius 2 is 1.55 bits per heavy atom. The molecular weight excluding hydrogens is 631 g/mol. The average molecular weight is 674 g/mol. The van der Waals surface area contributed by atoms with Gasteiger partial charge in [0.25, 0.3) is 5.91 Å². The van der Waals surface area contributed by atoms with Crippen molar-refractivity contribution in [3.05, 3.63) is 87.4 Å². The van der Waals surface area contributed by atoms with Crippen LogP contribution in [0.5, 0.6) is 17.2 Å². The molecule has 0 aliphatic carbocycles. The molecule has 47 heavy (non-hydrogen) atoms. The predicted octanol–water partition coefficient (Wildman–Crippen LogP) is 10.3. The number of amides is 1. The molecule has 5 rings (SSSR count). The number of fused-ring (bicyclic) bond motifs is 2. The third kappa shape index (κ3) is 7.58. The van der Waals surface area contributed by atoms with Crippen LogP contribution >= 0.6 is 23.2 Å². The summed E-state index contributed by atoms with van der Waals surface area (Å²) in [6, 6.07) is 18.4. The molecule has 0 saturated heterocycles. The Kier molecular flexibility index (Phi) is 11.4. The Labute approximate surface area is 287 Å². The van der Waals surface area contributed by atoms with Crippen molar-refractivity contribution >= 4 is 51.6 Å². The summed E-state index contributed by atoms with van der Waals surface area (Å²) in [6.45, 7) is 5.90. The number of ether oxygens (including phenoxy) is 2. The van der Waals surface area contributed by atoms with Crippen molar-refractivity contribution in [3.8, 4) is 28.4 Å². The number of carbonyl (C=O) groups is 1. The smallest absolute Gasteiger partial charge is 0.253 e. The maximum Gasteiger partial charge on any atom is 0.253 e. The van der Waals surface area contributed by atoms with Gasteiger partial charge in [0.15, 0.2) is 11.6 Å². The highest BCUT2D eigenvalue weighted by Gasteiger charge is 2.29. The van der Waals surface area contributed by atoms with E-state index in [4.69, 9.17) is 43.8 Å². The third-order valence-electron chi connectivity index (χ3n) is 8.55. The van der Waals surface area contributed by atoms with Crippen LogP contribution in [-0.4, -0.2) is 42.7 Å². The number of benzene rings is 4. The van der Waals surface area contributed by atoms with E-state index < -0.39 is 0 Å². The van der Waals surface area contributed by atoms with Crippen molar-refractivity contribution in [1.82, 2.24) is 4.90 Å². The van der Waals surface area contributed by atoms with E-state index in [2.05, 4.69) is 18.8 Å². The van der Waals surface area contributed by atoms with Gasteiger partial charge < -0.3 is 20.1 Å². The minimum absolute atomic E-state index is 0.0314. The van der Waals surface area contributed by atoms with Crippen LogP contribution in [0.25, 0.3) is 21.9 Å². The van der Waals surface area contributed by atoms with Gasteiger partial charge in [-0.2, -0.15) is 0 Å². The van der Waals surface area contributed by atoms with Crippen LogP contribution in [0.2, 0.25) is 10.0 Å². The standard InChI is InChI=1S/C38H42Cl2N4O3/c1-4-6-8-10-19-44(20-11-9-7-5-2)38(45)24-15-17-27(18-16-24)47-35-32-26(23-30(39)34(35)40)22-29-33(37(42)43-36(29)41)31(32)25-13-12-14-28(21-25)46-3/h12-18,21-23H,4-11,19-20H2,1-3H3,(H3,41,42,43). The topological polar surface area (TPSA) is 101 Å². The second kappa shape index (κ2) is 15.7. The van der Waals surface area contributed by atoms with Crippen LogP contribution < -0.4 is 15.2 Å². The highest BCUT2D eigenvalue weighted by Crippen LogP contribution is 2.48. The quantitative estimate of drug-likeness (QED) is 0.123. The summed E-state index contributed by atoms with van der Waals surface area (Å²) in [5.74, 6) is 1.83. The van der Waals surface area contributed by atoms with Crippen LogP contribution in [0.15, 0.2) is 65.7 Å². The first-order chi connectivity index (χ1) is 22.8. The van der Waals surface area contributed by atoms with E-state index in [1.807, 2.05) is 35.2 Å². The second-order valence-electron chi connectivity index (χ2n) is 11.9. The monoisotopic (exact) mass is 672 g/mol. The maximum atomic E-state index is 13.6. The Morgan fingerprint density at radius 3 is 2.19 bits per heavy atom. The summed E-state index contributed by atoms with van der Waals surface area (Å²) in [6.07, 6.45) is 8.92. The summed E-state index contributed by atoms with van der Waals surface area (Å²) in [5, 5.41) is 10.4. The number of nitrogens with zero attached hydrogens (tertiary/aromatic N) is 2. The Morgan fingerprint density at radius 1 is 0.872 bits per heavy atom. The largest absolute Gasteiger partial charge is 0.497 e. The maximum absolute atomic E-state index is 13.6. The zero-order chi connectivity index (χ0) is 33.5. The molecule has 0 aromatic heterocycles. The van der Waals surface area contributed by atoms with Gasteiger partial charge in [-0.3, -0.25) is 10.2 Å². The SMILES string of the molecule is CCCCCCN(CCCCCC)C(=O)c1ccc(Oc2c(Cl)c(Cl)cc3cc4c(c(-c5cccc(OC)c5)c23)C(N)=NC4=N)cc1. The van der Waals surface area contributed by atoms with Gasteiger partial charge in [0.1, 0.15) is 22.4 Å². The van der Waals surface area contributed by atoms with Gasteiger partial charge in [-0.25, -0.2) is 4.99 Å². The minimum atomic E-state index is 0.0314. The van der Waals surface area contributed by atoms with Crippen molar-refractivity contribution < 1.29 is 14.3 Å². The minimum Gasteiger partial charge on any atom is -0.497 e. The Balaban J connectivity index is 1.52. The first kappa shape index (κ1) is 34.3. The van der Waals surface area contributed by atoms with Gasteiger partial charge in [-0.05, 0) is 72.3 Å². The lowest BCUT2D eigenvalue weighted by molar-refractivity contribution is 0.0749. The molecule has 9 heteroatoms. The highest BCUT2D eigenvalue weighted by molar-refractivity contribution is 6.44. The number of halogens is 2. The lowest BCUT2D eigenvalue weighted by atomic mass is 9.89. The Bertz CT molecular complexity index is 1790. The molecule has 7 nitrogen and oxygen atoms in total. The molecule has 4 aromatic carbocycles. The molecule has 0 spiro atoms. The van der Waals surface area contributed by atoms with Gasteiger partial charge >= 0.3 is 0 Å². The number of unbranched alkanes of at least 4 members (excludes halogenated alkanes) is 6. The first-order valence-corrected chi connectivity index (χ1v) is 17.2. The van der Waals surface area contributed by atoms with E-state index >= 15 is 0 Å². The summed E-state index contributed by atoms with van der Waals surface area (Å²) in [7, 11) is 1.61. The second-order valence-corrected chi connectivity index (χ2v) is 12.7. The first-order valence-electron chi connectivity index (χ1n) is 16.4. The number of nitrogens with two attached hydrogens (primary N) is 1. The molecule has 246 valence electrons. The number of amidine groups is 2. The van der Waals surface area contributed by atoms with Gasteiger partial charge in [0.2, 0.25) is 0 Å². The molecule has 0 saturated carbocycles. The van der Waals surface area contributed by atoms with Crippen LogP contribution in [-0.2, 0) is 0 Å². The van der Waals surface area contributed by atoms with E-state index in [0.717, 1.165) is 57.2 Å². The number of rotatable bonds is 15. The summed E-state index contributed by atoms with van der Waals surface area (Å²) >= 11 is 13.5. The van der Waals surface area contributed by atoms with Gasteiger partial charge in [0, 0.05) is 40.7 Å². The van der Waals surface area contributed by atoms with Gasteiger partial charge in [0.05, 0.1) is 12.1 Å². The van der Waals surface area contributed by atoms with Crippen LogP contribution in [0.4, 0.5) is 0 Å². The zero-order valence-corrected chi connectivity index (χ0v) is 28.8. The molecule has 1 heterocycles. The average Bonchev–Trinajstić information content (AvgIpc) is 3.37. The normalized spacial score (nSPS) is 12.3. The van der Waals surface area contributed by atoms with E-state index in [1.54, 1.807) is 37.4 Å². The molecule has 1 amide bonds. The summed E-state index contributed by atoms with van der Waals surface area (Å²) < 4.78 is 12.0. The van der Waals surface area contributed by atoms with E-state index in [9.17, 15) is 4.79 Å². The predicted molar refractivity (Wildman–Crippen MR) is 194 cm³/mol. The molecule has 0 atom stereocenters. The van der Waals surface area contributed by atoms with Crippen LogP contribution in [0, 0.1) is 5.41 Å². The molecule has 0 radical (unpaired) electrons. The lowest BCUT2D eigenvalue weighted by Crippen LogP contribution is -2.33. The van der Waals surface area contributed by atoms with Crippen LogP contribution in [0.1, 0.15) is 86.7 Å². The molecule has 1 aliphatic heterocycles. The fraction of sp³-hybridized carbons (Fsp3) is 0.342. The van der Waals surface area contributed by atoms with Crippen molar-refractivity contribution in [2.24, 2.45) is 10.7 Å². The van der Waals surface area contributed by atoms with E-state index in [-0.39, 0.29) is 22.6 Å². The van der Waals surface area contributed by atoms with Crippen molar-refractivity contribution in [2.75, 3.05) is 20.2 Å². The zero-order valence-electron chi connectivity index (χ0n) is 27.3. The number of aliphatic imine (C=N–C) groups is 1. The van der Waals surface area contributed by atoms with Gasteiger partial charge in [-0.15, -0.1) is 0 Å².